The van der Waals surface area contributed by atoms with E-state index in [1.165, 1.54) is 0 Å². The highest BCUT2D eigenvalue weighted by Gasteiger charge is 2.26. The number of fused-ring (bicyclic) bond motifs is 10. The molecule has 0 N–H and O–H groups in total. The molecule has 0 saturated heterocycles. The molecule has 0 saturated carbocycles. The van der Waals surface area contributed by atoms with Crippen LogP contribution in [-0.4, -0.2) is 32.4 Å². The molecule has 0 amide bonds. The summed E-state index contributed by atoms with van der Waals surface area (Å²) in [7, 11) is 2.08. The fraction of sp³-hybridized carbons (Fsp3) is 0.0484. The molecule has 69 heavy (non-hydrogen) atoms. The van der Waals surface area contributed by atoms with Gasteiger partial charge in [0, 0.05) is 78.6 Å². The van der Waals surface area contributed by atoms with Crippen molar-refractivity contribution < 1.29 is 11.6 Å². The first-order chi connectivity index (χ1) is 36.1. The van der Waals surface area contributed by atoms with E-state index in [4.69, 9.17) is 9.72 Å². The summed E-state index contributed by atoms with van der Waals surface area (Å²) in [5.74, 6) is 1.21. The molecular weight excluding hydrogens is 845 g/mol. The van der Waals surface area contributed by atoms with E-state index in [-0.39, 0.29) is 29.2 Å². The molecule has 13 aromatic rings. The highest BCUT2D eigenvalue weighted by atomic mass is 16.5. The summed E-state index contributed by atoms with van der Waals surface area (Å²) < 4.78 is 61.5. The van der Waals surface area contributed by atoms with Crippen molar-refractivity contribution in [3.05, 3.63) is 224 Å². The highest BCUT2D eigenvalue weighted by molar-refractivity contribution is 6.13. The lowest BCUT2D eigenvalue weighted by atomic mass is 9.98. The van der Waals surface area contributed by atoms with E-state index in [2.05, 4.69) is 92.7 Å². The van der Waals surface area contributed by atoms with Crippen molar-refractivity contribution in [2.24, 2.45) is 0 Å². The molecule has 1 aliphatic rings. The van der Waals surface area contributed by atoms with E-state index in [0.29, 0.717) is 46.1 Å². The fourth-order valence-corrected chi connectivity index (χ4v) is 10.9. The number of nitrogens with zero attached hydrogens (tertiary/aromatic N) is 6. The Balaban J connectivity index is 1.01. The number of para-hydroxylation sites is 7. The first-order valence-corrected chi connectivity index (χ1v) is 23.1. The molecule has 0 radical (unpaired) electrons. The number of aromatic nitrogens is 4. The van der Waals surface area contributed by atoms with Gasteiger partial charge in [-0.3, -0.25) is 4.57 Å². The van der Waals surface area contributed by atoms with Crippen LogP contribution < -0.4 is 14.5 Å². The van der Waals surface area contributed by atoms with Crippen LogP contribution in [0.15, 0.2) is 218 Å². The van der Waals surface area contributed by atoms with Gasteiger partial charge in [-0.25, -0.2) is 4.98 Å². The minimum Gasteiger partial charge on any atom is -0.457 e. The number of pyridine rings is 1. The molecule has 0 fully saturated rings. The summed E-state index contributed by atoms with van der Waals surface area (Å²) in [4.78, 5) is 9.54. The number of anilines is 3. The Labute approximate surface area is 405 Å². The van der Waals surface area contributed by atoms with Crippen LogP contribution in [0.2, 0.25) is 0 Å². The first-order valence-electron chi connectivity index (χ1n) is 25.6. The second-order valence-electron chi connectivity index (χ2n) is 17.7. The van der Waals surface area contributed by atoms with Gasteiger partial charge in [-0.2, -0.15) is 0 Å². The third-order valence-corrected chi connectivity index (χ3v) is 13.8. The Kier molecular flexibility index (Phi) is 7.57. The molecular formula is C62H44N6O. The summed E-state index contributed by atoms with van der Waals surface area (Å²) in [6.45, 7) is -2.19. The van der Waals surface area contributed by atoms with E-state index in [9.17, 15) is 6.85 Å². The van der Waals surface area contributed by atoms with Crippen molar-refractivity contribution in [2.75, 3.05) is 23.5 Å². The molecule has 9 aromatic carbocycles. The highest BCUT2D eigenvalue weighted by Crippen LogP contribution is 2.45. The molecule has 328 valence electrons. The van der Waals surface area contributed by atoms with Crippen LogP contribution >= 0.6 is 0 Å². The minimum absolute atomic E-state index is 0.0276. The summed E-state index contributed by atoms with van der Waals surface area (Å²) in [6, 6.07) is 68.4. The maximum atomic E-state index is 10.3. The van der Waals surface area contributed by atoms with Gasteiger partial charge in [-0.15, -0.1) is 0 Å². The van der Waals surface area contributed by atoms with Crippen LogP contribution in [0.25, 0.3) is 93.7 Å². The smallest absolute Gasteiger partial charge is 0.137 e. The van der Waals surface area contributed by atoms with Crippen molar-refractivity contribution in [3.63, 3.8) is 0 Å². The number of rotatable bonds is 7. The molecule has 1 aliphatic heterocycles. The SMILES string of the molecule is [2H]c1nc(-n2c3ccccc3c3ccc(Oc4cccc(N5CN(C)c6ccccc65)c4)cc32)c([2H])c(C([2H])([2H])[2H])c1-c1c(-n2c3ccccc3c3ccccc32)cccc1-n1c2ccccc2c2ccccc21. The monoisotopic (exact) mass is 893 g/mol. The first kappa shape index (κ1) is 34.3. The van der Waals surface area contributed by atoms with Crippen molar-refractivity contribution >= 4 is 82.5 Å². The largest absolute Gasteiger partial charge is 0.457 e. The predicted molar refractivity (Wildman–Crippen MR) is 286 cm³/mol. The molecule has 7 heteroatoms. The van der Waals surface area contributed by atoms with E-state index < -0.39 is 6.85 Å². The molecule has 14 rings (SSSR count). The van der Waals surface area contributed by atoms with Gasteiger partial charge in [0.15, 0.2) is 0 Å². The third kappa shape index (κ3) is 5.97. The van der Waals surface area contributed by atoms with Gasteiger partial charge in [0.2, 0.25) is 0 Å². The number of ether oxygens (including phenoxy) is 1. The summed E-state index contributed by atoms with van der Waals surface area (Å²) >= 11 is 0. The molecule has 7 nitrogen and oxygen atoms in total. The lowest BCUT2D eigenvalue weighted by molar-refractivity contribution is 0.483. The van der Waals surface area contributed by atoms with Gasteiger partial charge in [-0.1, -0.05) is 115 Å². The zero-order valence-electron chi connectivity index (χ0n) is 42.4. The zero-order chi connectivity index (χ0) is 50.0. The predicted octanol–water partition coefficient (Wildman–Crippen LogP) is 15.7. The molecule has 0 aliphatic carbocycles. The van der Waals surface area contributed by atoms with Crippen molar-refractivity contribution in [1.82, 2.24) is 18.7 Å². The van der Waals surface area contributed by atoms with Gasteiger partial charge in [-0.05, 0) is 97.3 Å². The van der Waals surface area contributed by atoms with E-state index in [1.54, 1.807) is 0 Å². The van der Waals surface area contributed by atoms with Crippen molar-refractivity contribution in [2.45, 2.75) is 6.85 Å². The van der Waals surface area contributed by atoms with Crippen LogP contribution in [0, 0.1) is 6.85 Å². The van der Waals surface area contributed by atoms with E-state index in [0.717, 1.165) is 71.4 Å². The second kappa shape index (κ2) is 15.2. The normalized spacial score (nSPS) is 13.9. The molecule has 5 heterocycles. The van der Waals surface area contributed by atoms with Gasteiger partial charge in [0.25, 0.3) is 0 Å². The van der Waals surface area contributed by atoms with E-state index >= 15 is 0 Å². The number of hydrogen-bond donors (Lipinski definition) is 0. The maximum Gasteiger partial charge on any atom is 0.137 e. The van der Waals surface area contributed by atoms with Crippen LogP contribution in [0.4, 0.5) is 17.1 Å². The van der Waals surface area contributed by atoms with Gasteiger partial charge in [0.1, 0.15) is 17.3 Å². The maximum absolute atomic E-state index is 10.3. The average molecular weight is 894 g/mol. The van der Waals surface area contributed by atoms with Gasteiger partial charge >= 0.3 is 0 Å². The zero-order valence-corrected chi connectivity index (χ0v) is 37.4. The Hall–Kier alpha value is -9.07. The number of hydrogen-bond acceptors (Lipinski definition) is 4. The molecule has 0 bridgehead atoms. The van der Waals surface area contributed by atoms with Crippen molar-refractivity contribution in [1.29, 1.82) is 0 Å². The lowest BCUT2D eigenvalue weighted by Gasteiger charge is -2.21. The molecule has 0 spiro atoms. The Bertz CT molecular complexity index is 4220. The quantitative estimate of drug-likeness (QED) is 0.160. The second-order valence-corrected chi connectivity index (χ2v) is 17.7. The summed E-state index contributed by atoms with van der Waals surface area (Å²) in [5, 5.41) is 5.85. The fourth-order valence-electron chi connectivity index (χ4n) is 10.9. The topological polar surface area (TPSA) is 43.4 Å². The molecule has 0 atom stereocenters. The standard InChI is InChI=1S/C62H44N6O/c1-40-35-61(68-55-28-12-7-23-48(55)49-34-33-43(37-60(49)68)69-42-18-15-17-41(36-42)65-39-64(2)56-29-13-14-30-57(56)65)63-38-50(40)62-58(66-51-24-8-3-19-44(51)45-20-4-9-25-52(45)66)31-16-32-59(62)67-53-26-10-5-21-46(53)47-22-6-11-27-54(47)67/h3-38H,39H2,1-2H3/i1D3,35D,38D. The van der Waals surface area contributed by atoms with Gasteiger partial charge in [0.05, 0.1) is 65.3 Å². The van der Waals surface area contributed by atoms with Gasteiger partial charge < -0.3 is 23.7 Å². The van der Waals surface area contributed by atoms with Crippen LogP contribution in [-0.2, 0) is 0 Å². The number of benzene rings is 9. The van der Waals surface area contributed by atoms with E-state index in [1.807, 2.05) is 144 Å². The van der Waals surface area contributed by atoms with Crippen LogP contribution in [0.1, 0.15) is 12.4 Å². The van der Waals surface area contributed by atoms with Crippen LogP contribution in [0.5, 0.6) is 11.5 Å². The summed E-state index contributed by atoms with van der Waals surface area (Å²) in [6.07, 6.45) is -0.276. The molecule has 4 aromatic heterocycles. The minimum atomic E-state index is -2.88. The van der Waals surface area contributed by atoms with Crippen molar-refractivity contribution in [3.8, 4) is 39.8 Å². The Morgan fingerprint density at radius 3 is 1.52 bits per heavy atom. The molecule has 0 unspecified atom stereocenters. The van der Waals surface area contributed by atoms with Crippen LogP contribution in [0.3, 0.4) is 0 Å². The lowest BCUT2D eigenvalue weighted by Crippen LogP contribution is -2.23. The third-order valence-electron chi connectivity index (χ3n) is 13.8. The summed E-state index contributed by atoms with van der Waals surface area (Å²) in [5.41, 5.74) is 9.83. The average Bonchev–Trinajstić information content (AvgIpc) is 4.15. The Morgan fingerprint density at radius 1 is 0.464 bits per heavy atom. The Morgan fingerprint density at radius 2 is 0.942 bits per heavy atom.